The molecule has 0 bridgehead atoms. The monoisotopic (exact) mass is 422 g/mol. The summed E-state index contributed by atoms with van der Waals surface area (Å²) in [5, 5.41) is 7.77. The van der Waals surface area contributed by atoms with Crippen LogP contribution in [0.1, 0.15) is 34.3 Å². The summed E-state index contributed by atoms with van der Waals surface area (Å²) in [4.78, 5) is 0. The average Bonchev–Trinajstić information content (AvgIpc) is 2.84. The minimum atomic E-state index is -0.0180. The molecule has 0 aliphatic heterocycles. The molecular weight excluding hydrogens is 396 g/mol. The van der Waals surface area contributed by atoms with E-state index >= 15 is 0 Å². The smallest absolute Gasteiger partial charge is 0.167 e. The van der Waals surface area contributed by atoms with E-state index in [-0.39, 0.29) is 12.1 Å². The van der Waals surface area contributed by atoms with E-state index in [1.165, 1.54) is 22.3 Å². The van der Waals surface area contributed by atoms with Gasteiger partial charge in [-0.15, -0.1) is 0 Å². The van der Waals surface area contributed by atoms with Crippen LogP contribution in [0.5, 0.6) is 0 Å². The molecule has 0 saturated heterocycles. The molecule has 4 aromatic carbocycles. The van der Waals surface area contributed by atoms with Crippen molar-refractivity contribution >= 4 is 17.3 Å². The lowest BCUT2D eigenvalue weighted by Crippen LogP contribution is -2.40. The lowest BCUT2D eigenvalue weighted by molar-refractivity contribution is 0.622. The zero-order valence-electron chi connectivity index (χ0n) is 17.3. The molecule has 0 amide bonds. The second kappa shape index (κ2) is 10.6. The molecule has 0 fully saturated rings. The van der Waals surface area contributed by atoms with Crippen molar-refractivity contribution in [1.29, 1.82) is 0 Å². The van der Waals surface area contributed by atoms with Gasteiger partial charge in [-0.1, -0.05) is 121 Å². The summed E-state index contributed by atoms with van der Waals surface area (Å²) in [5.41, 5.74) is 4.84. The van der Waals surface area contributed by atoms with E-state index in [1.54, 1.807) is 0 Å². The van der Waals surface area contributed by atoms with Crippen LogP contribution in [0, 0.1) is 0 Å². The molecule has 0 aromatic heterocycles. The van der Waals surface area contributed by atoms with Crippen LogP contribution in [-0.2, 0) is 6.42 Å². The summed E-state index contributed by atoms with van der Waals surface area (Å²) in [6, 6.07) is 41.9. The van der Waals surface area contributed by atoms with Crippen LogP contribution in [-0.4, -0.2) is 5.11 Å². The van der Waals surface area contributed by atoms with Gasteiger partial charge in [0.15, 0.2) is 5.11 Å². The topological polar surface area (TPSA) is 24.1 Å². The molecular formula is C28H26N2S. The Morgan fingerprint density at radius 1 is 0.548 bits per heavy atom. The Kier molecular flexibility index (Phi) is 7.09. The zero-order chi connectivity index (χ0) is 21.3. The molecule has 1 unspecified atom stereocenters. The van der Waals surface area contributed by atoms with Gasteiger partial charge in [-0.3, -0.25) is 0 Å². The van der Waals surface area contributed by atoms with Gasteiger partial charge in [-0.05, 0) is 40.9 Å². The van der Waals surface area contributed by atoms with E-state index in [4.69, 9.17) is 12.2 Å². The molecule has 0 saturated carbocycles. The molecule has 4 rings (SSSR count). The zero-order valence-corrected chi connectivity index (χ0v) is 18.1. The van der Waals surface area contributed by atoms with Crippen LogP contribution in [0.2, 0.25) is 0 Å². The van der Waals surface area contributed by atoms with E-state index in [2.05, 4.69) is 108 Å². The number of nitrogens with one attached hydrogen (secondary N) is 2. The van der Waals surface area contributed by atoms with Gasteiger partial charge >= 0.3 is 0 Å². The third-order valence-corrected chi connectivity index (χ3v) is 5.57. The third kappa shape index (κ3) is 5.80. The van der Waals surface area contributed by atoms with Crippen LogP contribution in [0.4, 0.5) is 0 Å². The summed E-state index contributed by atoms with van der Waals surface area (Å²) in [6.45, 7) is 0. The van der Waals surface area contributed by atoms with E-state index < -0.39 is 0 Å². The molecule has 31 heavy (non-hydrogen) atoms. The Morgan fingerprint density at radius 2 is 0.968 bits per heavy atom. The molecule has 2 N–H and O–H groups in total. The Balaban J connectivity index is 1.55. The fourth-order valence-electron chi connectivity index (χ4n) is 3.77. The maximum absolute atomic E-state index is 5.80. The number of hydrogen-bond acceptors (Lipinski definition) is 1. The summed E-state index contributed by atoms with van der Waals surface area (Å²) in [6.07, 6.45) is 0.855. The Hall–Kier alpha value is -3.43. The Morgan fingerprint density at radius 3 is 1.45 bits per heavy atom. The summed E-state index contributed by atoms with van der Waals surface area (Å²) in [7, 11) is 0. The van der Waals surface area contributed by atoms with Gasteiger partial charge in [-0.2, -0.15) is 0 Å². The number of benzene rings is 4. The van der Waals surface area contributed by atoms with Gasteiger partial charge in [0.1, 0.15) is 0 Å². The van der Waals surface area contributed by atoms with Crippen molar-refractivity contribution in [2.75, 3.05) is 0 Å². The normalized spacial score (nSPS) is 11.6. The predicted molar refractivity (Wildman–Crippen MR) is 133 cm³/mol. The van der Waals surface area contributed by atoms with Gasteiger partial charge in [0.2, 0.25) is 0 Å². The first-order chi connectivity index (χ1) is 15.3. The predicted octanol–water partition coefficient (Wildman–Crippen LogP) is 6.22. The van der Waals surface area contributed by atoms with Gasteiger partial charge in [0.05, 0.1) is 12.1 Å². The number of hydrogen-bond donors (Lipinski definition) is 2. The standard InChI is InChI=1S/C28H26N2S/c31-28(30-27(24-17-9-3-10-18-24)25-19-11-4-12-20-25)29-26(23-15-7-2-8-16-23)21-22-13-5-1-6-14-22/h1-20,26-27H,21H2,(H2,29,30,31). The highest BCUT2D eigenvalue weighted by molar-refractivity contribution is 7.80. The van der Waals surface area contributed by atoms with Gasteiger partial charge in [0.25, 0.3) is 0 Å². The van der Waals surface area contributed by atoms with E-state index in [9.17, 15) is 0 Å². The first-order valence-electron chi connectivity index (χ1n) is 10.6. The molecule has 4 aromatic rings. The highest BCUT2D eigenvalue weighted by Gasteiger charge is 2.18. The molecule has 2 nitrogen and oxygen atoms in total. The van der Waals surface area contributed by atoms with E-state index in [1.807, 2.05) is 24.3 Å². The van der Waals surface area contributed by atoms with Crippen molar-refractivity contribution < 1.29 is 0 Å². The van der Waals surface area contributed by atoms with E-state index in [0.29, 0.717) is 5.11 Å². The number of rotatable bonds is 7. The summed E-state index contributed by atoms with van der Waals surface area (Å²) in [5.74, 6) is 0. The first kappa shape index (κ1) is 20.8. The lowest BCUT2D eigenvalue weighted by atomic mass is 9.98. The molecule has 1 atom stereocenters. The Labute approximate surface area is 190 Å². The first-order valence-corrected chi connectivity index (χ1v) is 11.0. The Bertz CT molecular complexity index is 1030. The molecule has 0 aliphatic carbocycles. The van der Waals surface area contributed by atoms with Gasteiger partial charge in [-0.25, -0.2) is 0 Å². The highest BCUT2D eigenvalue weighted by atomic mass is 32.1. The second-order valence-electron chi connectivity index (χ2n) is 7.53. The minimum Gasteiger partial charge on any atom is -0.356 e. The number of thiocarbonyl (C=S) groups is 1. The lowest BCUT2D eigenvalue weighted by Gasteiger charge is -2.26. The second-order valence-corrected chi connectivity index (χ2v) is 7.93. The third-order valence-electron chi connectivity index (χ3n) is 5.33. The quantitative estimate of drug-likeness (QED) is 0.346. The summed E-state index contributed by atoms with van der Waals surface area (Å²) >= 11 is 5.80. The fourth-order valence-corrected chi connectivity index (χ4v) is 4.03. The van der Waals surface area contributed by atoms with Crippen molar-refractivity contribution in [2.45, 2.75) is 18.5 Å². The van der Waals surface area contributed by atoms with Crippen molar-refractivity contribution in [2.24, 2.45) is 0 Å². The largest absolute Gasteiger partial charge is 0.356 e. The minimum absolute atomic E-state index is 0.0180. The summed E-state index contributed by atoms with van der Waals surface area (Å²) < 4.78 is 0. The molecule has 0 heterocycles. The van der Waals surface area contributed by atoms with Crippen molar-refractivity contribution in [3.8, 4) is 0 Å². The van der Waals surface area contributed by atoms with Crippen LogP contribution >= 0.6 is 12.2 Å². The van der Waals surface area contributed by atoms with Crippen LogP contribution in [0.15, 0.2) is 121 Å². The SMILES string of the molecule is S=C(NC(Cc1ccccc1)c1ccccc1)NC(c1ccccc1)c1ccccc1. The van der Waals surface area contributed by atoms with Crippen molar-refractivity contribution in [3.63, 3.8) is 0 Å². The van der Waals surface area contributed by atoms with E-state index in [0.717, 1.165) is 6.42 Å². The molecule has 154 valence electrons. The molecule has 0 aliphatic rings. The molecule has 0 spiro atoms. The average molecular weight is 423 g/mol. The highest BCUT2D eigenvalue weighted by Crippen LogP contribution is 2.23. The maximum Gasteiger partial charge on any atom is 0.167 e. The van der Waals surface area contributed by atoms with Gasteiger partial charge < -0.3 is 10.6 Å². The fraction of sp³-hybridized carbons (Fsp3) is 0.107. The molecule has 0 radical (unpaired) electrons. The maximum atomic E-state index is 5.80. The van der Waals surface area contributed by atoms with Crippen LogP contribution in [0.25, 0.3) is 0 Å². The molecule has 3 heteroatoms. The van der Waals surface area contributed by atoms with Crippen LogP contribution in [0.3, 0.4) is 0 Å². The van der Waals surface area contributed by atoms with Crippen molar-refractivity contribution in [3.05, 3.63) is 144 Å². The van der Waals surface area contributed by atoms with Crippen molar-refractivity contribution in [1.82, 2.24) is 10.6 Å². The van der Waals surface area contributed by atoms with Crippen LogP contribution < -0.4 is 10.6 Å². The van der Waals surface area contributed by atoms with Gasteiger partial charge in [0, 0.05) is 0 Å².